The molecule has 0 bridgehead atoms. The van der Waals surface area contributed by atoms with Crippen LogP contribution in [0.25, 0.3) is 0 Å². The molecule has 0 saturated heterocycles. The van der Waals surface area contributed by atoms with E-state index in [1.807, 2.05) is 21.1 Å². The van der Waals surface area contributed by atoms with E-state index in [0.29, 0.717) is 17.4 Å². The number of likely N-dealkylation sites (N-methyl/N-ethyl adjacent to an activating group) is 1. The Morgan fingerprint density at radius 3 is 0.870 bits per heavy atom. The largest absolute Gasteiger partial charge is 0.472 e. The lowest BCUT2D eigenvalue weighted by Crippen LogP contribution is -2.37. The monoisotopic (exact) mass is 1290 g/mol. The highest BCUT2D eigenvalue weighted by Crippen LogP contribution is 2.43. The van der Waals surface area contributed by atoms with Crippen LogP contribution < -0.4 is 0 Å². The van der Waals surface area contributed by atoms with Crippen LogP contribution >= 0.6 is 7.82 Å². The van der Waals surface area contributed by atoms with E-state index >= 15 is 0 Å². The molecule has 0 aromatic carbocycles. The topological polar surface area (TPSA) is 108 Å². The fourth-order valence-electron chi connectivity index (χ4n) is 9.42. The predicted octanol–water partition coefficient (Wildman–Crippen LogP) is 24.3. The van der Waals surface area contributed by atoms with Crippen LogP contribution in [-0.2, 0) is 32.7 Å². The molecule has 0 aliphatic heterocycles. The first kappa shape index (κ1) is 87.1. The zero-order valence-corrected chi connectivity index (χ0v) is 60.1. The van der Waals surface area contributed by atoms with Crippen LogP contribution in [0.4, 0.5) is 0 Å². The van der Waals surface area contributed by atoms with Gasteiger partial charge in [0, 0.05) is 12.8 Å². The number of unbranched alkanes of at least 4 members (excludes halogenated alkanes) is 21. The van der Waals surface area contributed by atoms with Crippen molar-refractivity contribution in [1.29, 1.82) is 0 Å². The number of hydrogen-bond acceptors (Lipinski definition) is 7. The third-order valence-electron chi connectivity index (χ3n) is 14.9. The number of carbonyl (C=O) groups excluding carboxylic acids is 2. The Labute approximate surface area is 565 Å². The summed E-state index contributed by atoms with van der Waals surface area (Å²) < 4.78 is 34.7. The van der Waals surface area contributed by atoms with E-state index in [1.54, 1.807) is 0 Å². The zero-order chi connectivity index (χ0) is 66.9. The van der Waals surface area contributed by atoms with Crippen LogP contribution in [0.5, 0.6) is 0 Å². The minimum Gasteiger partial charge on any atom is -0.462 e. The summed E-state index contributed by atoms with van der Waals surface area (Å²) in [6, 6.07) is 0. The summed E-state index contributed by atoms with van der Waals surface area (Å²) in [7, 11) is 1.45. The Kier molecular flexibility index (Phi) is 66.7. The average molecular weight is 1290 g/mol. The van der Waals surface area contributed by atoms with Crippen molar-refractivity contribution >= 4 is 19.8 Å². The third kappa shape index (κ3) is 74.2. The van der Waals surface area contributed by atoms with Crippen molar-refractivity contribution in [3.05, 3.63) is 182 Å². The highest BCUT2D eigenvalue weighted by molar-refractivity contribution is 7.47. The van der Waals surface area contributed by atoms with E-state index in [1.165, 1.54) is 96.3 Å². The number of rotatable bonds is 65. The number of allylic oxidation sites excluding steroid dienone is 30. The van der Waals surface area contributed by atoms with Gasteiger partial charge >= 0.3 is 19.8 Å². The SMILES string of the molecule is CC/C=C\C/C=C\C/C=C\C/C=C\C/C=C\C/C=C\C/C=C\C/C=C\C/C=C\CCCCCCCCCCCC(=O)OC(COC(=O)CCCCCCCCCCCCCC/C=C\C/C=C\C/C=C\C/C=C\C/C=C\C/C=C\CC)COP(=O)(O)OCC[N+](C)(C)C. The first-order valence-corrected chi connectivity index (χ1v) is 38.0. The molecular weight excluding hydrogens is 1160 g/mol. The van der Waals surface area contributed by atoms with Crippen molar-refractivity contribution in [3.8, 4) is 0 Å². The lowest BCUT2D eigenvalue weighted by atomic mass is 10.0. The van der Waals surface area contributed by atoms with Crippen molar-refractivity contribution in [2.45, 2.75) is 277 Å². The molecule has 520 valence electrons. The Morgan fingerprint density at radius 1 is 0.337 bits per heavy atom. The third-order valence-corrected chi connectivity index (χ3v) is 15.9. The van der Waals surface area contributed by atoms with Crippen molar-refractivity contribution in [2.24, 2.45) is 0 Å². The molecule has 0 aliphatic carbocycles. The number of ether oxygens (including phenoxy) is 2. The molecule has 2 unspecified atom stereocenters. The number of nitrogens with zero attached hydrogens (tertiary/aromatic N) is 1. The van der Waals surface area contributed by atoms with Crippen LogP contribution in [0.2, 0.25) is 0 Å². The summed E-state index contributed by atoms with van der Waals surface area (Å²) in [5.74, 6) is -0.814. The van der Waals surface area contributed by atoms with E-state index in [9.17, 15) is 19.0 Å². The molecule has 0 aliphatic rings. The van der Waals surface area contributed by atoms with Gasteiger partial charge in [-0.2, -0.15) is 0 Å². The molecular formula is C82H135NO8P+. The van der Waals surface area contributed by atoms with Gasteiger partial charge in [-0.25, -0.2) is 4.57 Å². The van der Waals surface area contributed by atoms with Gasteiger partial charge in [-0.15, -0.1) is 0 Å². The van der Waals surface area contributed by atoms with Crippen molar-refractivity contribution in [3.63, 3.8) is 0 Å². The molecule has 0 aromatic heterocycles. The van der Waals surface area contributed by atoms with Crippen molar-refractivity contribution < 1.29 is 42.1 Å². The summed E-state index contributed by atoms with van der Waals surface area (Å²) in [6.07, 6.45) is 108. The fraction of sp³-hybridized carbons (Fsp3) is 0.610. The molecule has 2 atom stereocenters. The molecule has 9 nitrogen and oxygen atoms in total. The Morgan fingerprint density at radius 2 is 0.587 bits per heavy atom. The molecule has 0 rings (SSSR count). The van der Waals surface area contributed by atoms with Gasteiger partial charge in [0.05, 0.1) is 27.7 Å². The minimum atomic E-state index is -4.41. The summed E-state index contributed by atoms with van der Waals surface area (Å²) >= 11 is 0. The van der Waals surface area contributed by atoms with Gasteiger partial charge in [0.15, 0.2) is 6.10 Å². The standard InChI is InChI=1S/C82H134NO8P/c1-6-8-10-12-14-16-18-20-22-24-26-28-30-32-34-36-38-39-40-41-42-43-45-47-49-51-53-55-57-59-61-63-65-67-69-71-73-75-82(85)91-80(79-90-92(86,87)89-77-76-83(3,4)5)78-88-81(84)74-72-70-68-66-64-62-60-58-56-54-52-50-48-46-44-37-35-33-31-29-27-25-23-21-19-17-15-13-11-9-7-2/h8-11,14-17,20-23,26-29,32-35,38-39,41-42,44-47,51,53,80H,6-7,12-13,18-19,24-25,30-31,36-37,40,43,48-50,52,54-79H2,1-5H3/p+1/b10-8-,11-9-,16-14-,17-15-,22-20-,23-21-,28-26-,29-27-,34-32-,35-33-,39-38-,42-41-,46-44-,47-45-,53-51-. The van der Waals surface area contributed by atoms with E-state index < -0.39 is 26.5 Å². The Hall–Kier alpha value is -4.89. The first-order chi connectivity index (χ1) is 45.0. The van der Waals surface area contributed by atoms with Crippen LogP contribution in [0, 0.1) is 0 Å². The van der Waals surface area contributed by atoms with Gasteiger partial charge in [0.25, 0.3) is 0 Å². The number of phosphoric acid groups is 1. The first-order valence-electron chi connectivity index (χ1n) is 36.5. The van der Waals surface area contributed by atoms with E-state index in [2.05, 4.69) is 196 Å². The van der Waals surface area contributed by atoms with Crippen LogP contribution in [0.1, 0.15) is 271 Å². The molecule has 1 N–H and O–H groups in total. The number of esters is 2. The van der Waals surface area contributed by atoms with Crippen molar-refractivity contribution in [1.82, 2.24) is 0 Å². The van der Waals surface area contributed by atoms with Crippen molar-refractivity contribution in [2.75, 3.05) is 47.5 Å². The lowest BCUT2D eigenvalue weighted by Gasteiger charge is -2.24. The van der Waals surface area contributed by atoms with Gasteiger partial charge in [-0.3, -0.25) is 18.6 Å². The number of quaternary nitrogens is 1. The van der Waals surface area contributed by atoms with Gasteiger partial charge in [0.1, 0.15) is 19.8 Å². The maximum atomic E-state index is 12.9. The summed E-state index contributed by atoms with van der Waals surface area (Å²) in [5, 5.41) is 0. The molecule has 0 fully saturated rings. The molecule has 0 heterocycles. The number of hydrogen-bond donors (Lipinski definition) is 1. The number of carbonyl (C=O) groups is 2. The minimum absolute atomic E-state index is 0.0213. The second-order valence-electron chi connectivity index (χ2n) is 24.9. The van der Waals surface area contributed by atoms with E-state index in [4.69, 9.17) is 18.5 Å². The summed E-state index contributed by atoms with van der Waals surface area (Å²) in [4.78, 5) is 35.9. The van der Waals surface area contributed by atoms with Gasteiger partial charge in [0.2, 0.25) is 0 Å². The van der Waals surface area contributed by atoms with E-state index in [-0.39, 0.29) is 32.0 Å². The second-order valence-corrected chi connectivity index (χ2v) is 26.3. The second kappa shape index (κ2) is 70.4. The van der Waals surface area contributed by atoms with Gasteiger partial charge < -0.3 is 18.9 Å². The highest BCUT2D eigenvalue weighted by Gasteiger charge is 2.27. The lowest BCUT2D eigenvalue weighted by molar-refractivity contribution is -0.870. The fourth-order valence-corrected chi connectivity index (χ4v) is 10.2. The molecule has 10 heteroatoms. The molecule has 92 heavy (non-hydrogen) atoms. The maximum Gasteiger partial charge on any atom is 0.472 e. The molecule has 0 saturated carbocycles. The molecule has 0 amide bonds. The van der Waals surface area contributed by atoms with Gasteiger partial charge in [-0.05, 0) is 135 Å². The van der Waals surface area contributed by atoms with Crippen LogP contribution in [0.3, 0.4) is 0 Å². The smallest absolute Gasteiger partial charge is 0.462 e. The average Bonchev–Trinajstić information content (AvgIpc) is 2.34. The highest BCUT2D eigenvalue weighted by atomic mass is 31.2. The molecule has 0 aromatic rings. The molecule has 0 spiro atoms. The van der Waals surface area contributed by atoms with E-state index in [0.717, 1.165) is 141 Å². The van der Waals surface area contributed by atoms with Crippen LogP contribution in [-0.4, -0.2) is 74.9 Å². The van der Waals surface area contributed by atoms with Crippen LogP contribution in [0.15, 0.2) is 182 Å². The Bertz CT molecular complexity index is 2210. The quantitative estimate of drug-likeness (QED) is 0.0211. The summed E-state index contributed by atoms with van der Waals surface area (Å²) in [6.45, 7) is 4.19. The normalized spacial score (nSPS) is 14.2. The van der Waals surface area contributed by atoms with Gasteiger partial charge in [-0.1, -0.05) is 305 Å². The summed E-state index contributed by atoms with van der Waals surface area (Å²) in [5.41, 5.74) is 0. The Balaban J connectivity index is 4.12. The molecule has 0 radical (unpaired) electrons. The zero-order valence-electron chi connectivity index (χ0n) is 59.2. The maximum absolute atomic E-state index is 12.9. The predicted molar refractivity (Wildman–Crippen MR) is 399 cm³/mol. The number of phosphoric ester groups is 1.